The summed E-state index contributed by atoms with van der Waals surface area (Å²) >= 11 is 6.42. The van der Waals surface area contributed by atoms with E-state index in [9.17, 15) is 9.59 Å². The van der Waals surface area contributed by atoms with Gasteiger partial charge in [-0.05, 0) is 30.7 Å². The van der Waals surface area contributed by atoms with Crippen LogP contribution in [0.5, 0.6) is 5.75 Å². The van der Waals surface area contributed by atoms with E-state index in [-0.39, 0.29) is 6.61 Å². The third-order valence-corrected chi connectivity index (χ3v) is 4.51. The Morgan fingerprint density at radius 2 is 2.30 bits per heavy atom. The van der Waals surface area contributed by atoms with Gasteiger partial charge in [0.25, 0.3) is 0 Å². The molecular weight excluding hydrogens is 372 g/mol. The van der Waals surface area contributed by atoms with Gasteiger partial charge in [-0.2, -0.15) is 5.10 Å². The molecule has 2 heterocycles. The van der Waals surface area contributed by atoms with Gasteiger partial charge in [0.1, 0.15) is 10.9 Å². The van der Waals surface area contributed by atoms with Gasteiger partial charge in [-0.3, -0.25) is 0 Å². The second-order valence-corrected chi connectivity index (χ2v) is 6.37. The molecule has 7 nitrogen and oxygen atoms in total. The first-order chi connectivity index (χ1) is 13.0. The lowest BCUT2D eigenvalue weighted by Crippen LogP contribution is -2.21. The summed E-state index contributed by atoms with van der Waals surface area (Å²) in [6.45, 7) is 2.53. The molecule has 3 rings (SSSR count). The zero-order valence-electron chi connectivity index (χ0n) is 15.0. The molecule has 0 amide bonds. The molecule has 0 spiro atoms. The molecule has 0 radical (unpaired) electrons. The highest BCUT2D eigenvalue weighted by molar-refractivity contribution is 6.31. The van der Waals surface area contributed by atoms with Crippen LogP contribution in [-0.4, -0.2) is 41.5 Å². The highest BCUT2D eigenvalue weighted by atomic mass is 35.5. The monoisotopic (exact) mass is 390 g/mol. The molecule has 1 aromatic carbocycles. The van der Waals surface area contributed by atoms with E-state index in [1.807, 2.05) is 24.3 Å². The summed E-state index contributed by atoms with van der Waals surface area (Å²) < 4.78 is 16.7. The molecule has 2 aromatic rings. The number of benzene rings is 1. The summed E-state index contributed by atoms with van der Waals surface area (Å²) in [5.41, 5.74) is 2.27. The number of rotatable bonds is 6. The van der Waals surface area contributed by atoms with Crippen LogP contribution in [0.4, 0.5) is 0 Å². The van der Waals surface area contributed by atoms with E-state index < -0.39 is 18.0 Å². The quantitative estimate of drug-likeness (QED) is 0.557. The average Bonchev–Trinajstić information content (AvgIpc) is 3.16. The highest BCUT2D eigenvalue weighted by Gasteiger charge is 2.29. The smallest absolute Gasteiger partial charge is 0.347 e. The number of carbonyl (C=O) groups is 2. The van der Waals surface area contributed by atoms with Crippen molar-refractivity contribution < 1.29 is 23.8 Å². The lowest BCUT2D eigenvalue weighted by Gasteiger charge is -2.06. The minimum absolute atomic E-state index is 0.266. The van der Waals surface area contributed by atoms with Gasteiger partial charge in [0.2, 0.25) is 6.10 Å². The van der Waals surface area contributed by atoms with Crippen molar-refractivity contribution in [2.45, 2.75) is 26.0 Å². The second-order valence-electron chi connectivity index (χ2n) is 6.01. The van der Waals surface area contributed by atoms with Gasteiger partial charge >= 0.3 is 11.9 Å². The standard InChI is InChI=1S/C19H19ClN2O5/c1-12-15(6-7-17(23)27-16-8-9-26-19(16)24)18(20)22(21-12)11-13-4-3-5-14(10-13)25-2/h3-7,10,16H,8-9,11H2,1-2H3/b7-6+/t16-/m0/s1. The van der Waals surface area contributed by atoms with E-state index in [0.717, 1.165) is 11.3 Å². The van der Waals surface area contributed by atoms with E-state index in [0.29, 0.717) is 29.4 Å². The molecule has 0 bridgehead atoms. The first-order valence-corrected chi connectivity index (χ1v) is 8.77. The minimum Gasteiger partial charge on any atom is -0.497 e. The molecule has 1 aromatic heterocycles. The minimum atomic E-state index is -0.838. The number of nitrogens with zero attached hydrogens (tertiary/aromatic N) is 2. The molecule has 0 saturated carbocycles. The van der Waals surface area contributed by atoms with Crippen LogP contribution in [0.15, 0.2) is 30.3 Å². The number of ether oxygens (including phenoxy) is 3. The lowest BCUT2D eigenvalue weighted by atomic mass is 10.2. The summed E-state index contributed by atoms with van der Waals surface area (Å²) in [7, 11) is 1.61. The molecule has 1 aliphatic rings. The van der Waals surface area contributed by atoms with E-state index >= 15 is 0 Å². The van der Waals surface area contributed by atoms with Gasteiger partial charge in [-0.15, -0.1) is 0 Å². The Labute approximate surface area is 161 Å². The van der Waals surface area contributed by atoms with Crippen molar-refractivity contribution in [3.05, 3.63) is 52.3 Å². The molecule has 0 N–H and O–H groups in total. The maximum atomic E-state index is 11.9. The summed E-state index contributed by atoms with van der Waals surface area (Å²) in [6.07, 6.45) is 2.30. The summed E-state index contributed by atoms with van der Waals surface area (Å²) in [5.74, 6) is -0.396. The number of aryl methyl sites for hydroxylation is 1. The largest absolute Gasteiger partial charge is 0.497 e. The number of methoxy groups -OCH3 is 1. The highest BCUT2D eigenvalue weighted by Crippen LogP contribution is 2.23. The normalized spacial score (nSPS) is 16.6. The Kier molecular flexibility index (Phi) is 5.81. The first kappa shape index (κ1) is 19.0. The van der Waals surface area contributed by atoms with Crippen LogP contribution in [0.1, 0.15) is 23.2 Å². The Balaban J connectivity index is 1.71. The van der Waals surface area contributed by atoms with Gasteiger partial charge in [-0.25, -0.2) is 14.3 Å². The van der Waals surface area contributed by atoms with Crippen molar-refractivity contribution in [1.82, 2.24) is 9.78 Å². The van der Waals surface area contributed by atoms with Crippen LogP contribution in [0.25, 0.3) is 6.08 Å². The van der Waals surface area contributed by atoms with Crippen molar-refractivity contribution in [2.75, 3.05) is 13.7 Å². The maximum absolute atomic E-state index is 11.9. The second kappa shape index (κ2) is 8.26. The van der Waals surface area contributed by atoms with Gasteiger partial charge in [0.15, 0.2) is 0 Å². The van der Waals surface area contributed by atoms with Gasteiger partial charge in [0, 0.05) is 18.1 Å². The van der Waals surface area contributed by atoms with Crippen LogP contribution < -0.4 is 4.74 Å². The fourth-order valence-corrected chi connectivity index (χ4v) is 3.02. The van der Waals surface area contributed by atoms with Crippen molar-refractivity contribution >= 4 is 29.6 Å². The van der Waals surface area contributed by atoms with E-state index in [4.69, 9.17) is 25.8 Å². The third kappa shape index (κ3) is 4.49. The summed E-state index contributed by atoms with van der Waals surface area (Å²) in [6, 6.07) is 7.60. The molecule has 1 saturated heterocycles. The van der Waals surface area contributed by atoms with Gasteiger partial charge < -0.3 is 14.2 Å². The van der Waals surface area contributed by atoms with Crippen molar-refractivity contribution in [3.8, 4) is 5.75 Å². The zero-order valence-corrected chi connectivity index (χ0v) is 15.7. The Morgan fingerprint density at radius 3 is 3.00 bits per heavy atom. The molecule has 142 valence electrons. The van der Waals surface area contributed by atoms with Crippen molar-refractivity contribution in [3.63, 3.8) is 0 Å². The number of carbonyl (C=O) groups excluding carboxylic acids is 2. The van der Waals surface area contributed by atoms with Crippen LogP contribution >= 0.6 is 11.6 Å². The number of aromatic nitrogens is 2. The van der Waals surface area contributed by atoms with Crippen LogP contribution in [0.2, 0.25) is 5.15 Å². The van der Waals surface area contributed by atoms with E-state index in [2.05, 4.69) is 5.10 Å². The SMILES string of the molecule is COc1cccc(Cn2nc(C)c(/C=C/C(=O)O[C@H]3CCOC3=O)c2Cl)c1. The molecule has 1 aliphatic heterocycles. The molecular formula is C19H19ClN2O5. The predicted molar refractivity (Wildman–Crippen MR) is 98.6 cm³/mol. The molecule has 27 heavy (non-hydrogen) atoms. The summed E-state index contributed by atoms with van der Waals surface area (Å²) in [5, 5.41) is 4.82. The molecule has 1 atom stereocenters. The molecule has 0 unspecified atom stereocenters. The van der Waals surface area contributed by atoms with Crippen molar-refractivity contribution in [2.24, 2.45) is 0 Å². The lowest BCUT2D eigenvalue weighted by molar-refractivity contribution is -0.156. The van der Waals surface area contributed by atoms with Crippen LogP contribution in [0.3, 0.4) is 0 Å². The number of halogens is 1. The molecule has 1 fully saturated rings. The van der Waals surface area contributed by atoms with Crippen LogP contribution in [-0.2, 0) is 25.6 Å². The fraction of sp³-hybridized carbons (Fsp3) is 0.316. The van der Waals surface area contributed by atoms with Crippen molar-refractivity contribution in [1.29, 1.82) is 0 Å². The van der Waals surface area contributed by atoms with Gasteiger partial charge in [-0.1, -0.05) is 23.7 Å². The number of cyclic esters (lactones) is 1. The number of hydrogen-bond acceptors (Lipinski definition) is 6. The zero-order chi connectivity index (χ0) is 19.4. The number of esters is 2. The molecule has 8 heteroatoms. The molecule has 0 aliphatic carbocycles. The average molecular weight is 391 g/mol. The van der Waals surface area contributed by atoms with Gasteiger partial charge in [0.05, 0.1) is 26.0 Å². The fourth-order valence-electron chi connectivity index (χ4n) is 2.72. The summed E-state index contributed by atoms with van der Waals surface area (Å²) in [4.78, 5) is 23.3. The van der Waals surface area contributed by atoms with E-state index in [1.54, 1.807) is 18.7 Å². The topological polar surface area (TPSA) is 79.7 Å². The predicted octanol–water partition coefficient (Wildman–Crippen LogP) is 2.77. The Hall–Kier alpha value is -2.80. The Morgan fingerprint density at radius 1 is 1.48 bits per heavy atom. The first-order valence-electron chi connectivity index (χ1n) is 8.39. The maximum Gasteiger partial charge on any atom is 0.347 e. The van der Waals surface area contributed by atoms with E-state index in [1.165, 1.54) is 12.2 Å². The third-order valence-electron chi connectivity index (χ3n) is 4.11. The van der Waals surface area contributed by atoms with Crippen LogP contribution in [0, 0.1) is 6.92 Å². The Bertz CT molecular complexity index is 890. The number of hydrogen-bond donors (Lipinski definition) is 0.